The van der Waals surface area contributed by atoms with E-state index in [0.29, 0.717) is 40.6 Å². The van der Waals surface area contributed by atoms with E-state index in [1.54, 1.807) is 19.1 Å². The van der Waals surface area contributed by atoms with Gasteiger partial charge in [-0.3, -0.25) is 4.79 Å². The van der Waals surface area contributed by atoms with Gasteiger partial charge in [0, 0.05) is 29.3 Å². The molecule has 1 aliphatic heterocycles. The van der Waals surface area contributed by atoms with Crippen LogP contribution in [0, 0.1) is 5.41 Å². The van der Waals surface area contributed by atoms with Gasteiger partial charge in [0.1, 0.15) is 5.75 Å². The van der Waals surface area contributed by atoms with Gasteiger partial charge in [-0.05, 0) is 50.3 Å². The lowest BCUT2D eigenvalue weighted by atomic mass is 9.68. The van der Waals surface area contributed by atoms with Crippen molar-refractivity contribution in [2.24, 2.45) is 5.41 Å². The molecule has 156 valence electrons. The average molecular weight is 418 g/mol. The monoisotopic (exact) mass is 417 g/mol. The molecule has 0 saturated carbocycles. The number of carbonyl (C=O) groups is 2. The molecule has 0 radical (unpaired) electrons. The number of carbonyl (C=O) groups excluding carboxylic acids is 2. The summed E-state index contributed by atoms with van der Waals surface area (Å²) < 4.78 is 10.9. The van der Waals surface area contributed by atoms with E-state index in [9.17, 15) is 9.59 Å². The molecule has 1 aromatic rings. The molecule has 1 atom stereocenters. The van der Waals surface area contributed by atoms with Crippen molar-refractivity contribution in [3.63, 3.8) is 0 Å². The molecular formula is C23H28ClNO4. The number of ether oxygens (including phenoxy) is 2. The molecule has 29 heavy (non-hydrogen) atoms. The molecule has 2 aliphatic rings. The first kappa shape index (κ1) is 21.4. The van der Waals surface area contributed by atoms with E-state index in [1.807, 2.05) is 19.9 Å². The van der Waals surface area contributed by atoms with Crippen LogP contribution in [0.1, 0.15) is 58.9 Å². The van der Waals surface area contributed by atoms with Crippen molar-refractivity contribution < 1.29 is 19.1 Å². The molecule has 0 bridgehead atoms. The van der Waals surface area contributed by atoms with Gasteiger partial charge in [-0.1, -0.05) is 31.5 Å². The largest absolute Gasteiger partial charge is 0.492 e. The smallest absolute Gasteiger partial charge is 0.336 e. The molecule has 0 aromatic heterocycles. The summed E-state index contributed by atoms with van der Waals surface area (Å²) in [5.41, 5.74) is 3.33. The van der Waals surface area contributed by atoms with E-state index in [4.69, 9.17) is 21.1 Å². The fraction of sp³-hybridized carbons (Fsp3) is 0.478. The van der Waals surface area contributed by atoms with Crippen LogP contribution in [0.15, 0.2) is 40.7 Å². The molecule has 1 aliphatic carbocycles. The number of hydrogen-bond donors (Lipinski definition) is 1. The summed E-state index contributed by atoms with van der Waals surface area (Å²) in [6.45, 7) is 10.4. The maximum absolute atomic E-state index is 13.2. The first-order valence-corrected chi connectivity index (χ1v) is 10.4. The van der Waals surface area contributed by atoms with Crippen LogP contribution < -0.4 is 10.1 Å². The Bertz CT molecular complexity index is 913. The van der Waals surface area contributed by atoms with Crippen LogP contribution in [0.3, 0.4) is 0 Å². The Balaban J connectivity index is 2.16. The fourth-order valence-corrected chi connectivity index (χ4v) is 4.46. The van der Waals surface area contributed by atoms with Crippen molar-refractivity contribution in [1.82, 2.24) is 5.32 Å². The lowest BCUT2D eigenvalue weighted by Crippen LogP contribution is -2.38. The van der Waals surface area contributed by atoms with Crippen LogP contribution in [0.5, 0.6) is 5.75 Å². The number of benzene rings is 1. The molecular weight excluding hydrogens is 390 g/mol. The second-order valence-corrected chi connectivity index (χ2v) is 8.68. The van der Waals surface area contributed by atoms with Gasteiger partial charge < -0.3 is 14.8 Å². The molecule has 0 unspecified atom stereocenters. The Kier molecular flexibility index (Phi) is 6.08. The zero-order chi connectivity index (χ0) is 21.3. The quantitative estimate of drug-likeness (QED) is 0.690. The number of halogens is 1. The number of allylic oxidation sites excluding steroid dienone is 3. The molecule has 1 heterocycles. The van der Waals surface area contributed by atoms with Crippen molar-refractivity contribution in [3.8, 4) is 5.75 Å². The van der Waals surface area contributed by atoms with Crippen molar-refractivity contribution in [2.45, 2.75) is 53.4 Å². The van der Waals surface area contributed by atoms with E-state index in [1.165, 1.54) is 0 Å². The number of esters is 1. The van der Waals surface area contributed by atoms with Gasteiger partial charge in [0.2, 0.25) is 0 Å². The minimum atomic E-state index is -0.512. The van der Waals surface area contributed by atoms with Crippen LogP contribution in [0.25, 0.3) is 0 Å². The van der Waals surface area contributed by atoms with Gasteiger partial charge in [0.05, 0.1) is 23.8 Å². The van der Waals surface area contributed by atoms with Crippen LogP contribution in [-0.4, -0.2) is 25.0 Å². The van der Waals surface area contributed by atoms with Crippen LogP contribution in [-0.2, 0) is 14.3 Å². The minimum absolute atomic E-state index is 0.0491. The predicted molar refractivity (Wildman–Crippen MR) is 113 cm³/mol. The lowest BCUT2D eigenvalue weighted by molar-refractivity contribution is -0.138. The maximum Gasteiger partial charge on any atom is 0.336 e. The molecule has 0 spiro atoms. The van der Waals surface area contributed by atoms with Crippen LogP contribution in [0.4, 0.5) is 0 Å². The molecule has 1 N–H and O–H groups in total. The normalized spacial score (nSPS) is 20.9. The molecule has 0 saturated heterocycles. The Morgan fingerprint density at radius 3 is 2.59 bits per heavy atom. The van der Waals surface area contributed by atoms with Gasteiger partial charge >= 0.3 is 5.97 Å². The second kappa shape index (κ2) is 8.23. The van der Waals surface area contributed by atoms with E-state index < -0.39 is 11.9 Å². The van der Waals surface area contributed by atoms with Crippen LogP contribution >= 0.6 is 11.6 Å². The van der Waals surface area contributed by atoms with Crippen molar-refractivity contribution in [2.75, 3.05) is 13.2 Å². The number of ketones is 1. The van der Waals surface area contributed by atoms with Gasteiger partial charge in [0.15, 0.2) is 5.78 Å². The molecule has 1 aromatic carbocycles. The van der Waals surface area contributed by atoms with E-state index >= 15 is 0 Å². The maximum atomic E-state index is 13.2. The third-order valence-corrected chi connectivity index (χ3v) is 5.62. The summed E-state index contributed by atoms with van der Waals surface area (Å²) in [4.78, 5) is 26.0. The zero-order valence-corrected chi connectivity index (χ0v) is 18.4. The van der Waals surface area contributed by atoms with Crippen LogP contribution in [0.2, 0.25) is 5.02 Å². The summed E-state index contributed by atoms with van der Waals surface area (Å²) in [5.74, 6) is -0.303. The molecule has 0 fully saturated rings. The van der Waals surface area contributed by atoms with Crippen molar-refractivity contribution in [1.29, 1.82) is 0 Å². The van der Waals surface area contributed by atoms with E-state index in [2.05, 4.69) is 19.2 Å². The Labute approximate surface area is 177 Å². The average Bonchev–Trinajstić information content (AvgIpc) is 2.61. The molecule has 3 rings (SSSR count). The highest BCUT2D eigenvalue weighted by Crippen LogP contribution is 2.47. The van der Waals surface area contributed by atoms with Gasteiger partial charge in [-0.15, -0.1) is 0 Å². The SMILES string of the molecule is CCOC(=O)C1=C(C)NC2=C(C(=O)CC(C)(C)C2)[C@H]1c1ccc(OCC)c(Cl)c1. The Morgan fingerprint density at radius 2 is 1.97 bits per heavy atom. The second-order valence-electron chi connectivity index (χ2n) is 8.27. The summed E-state index contributed by atoms with van der Waals surface area (Å²) >= 11 is 6.44. The first-order chi connectivity index (χ1) is 13.7. The van der Waals surface area contributed by atoms with Gasteiger partial charge in [-0.25, -0.2) is 4.79 Å². The van der Waals surface area contributed by atoms with E-state index in [-0.39, 0.29) is 17.8 Å². The highest BCUT2D eigenvalue weighted by Gasteiger charge is 2.43. The van der Waals surface area contributed by atoms with E-state index in [0.717, 1.165) is 17.7 Å². The minimum Gasteiger partial charge on any atom is -0.492 e. The molecule has 6 heteroatoms. The summed E-state index contributed by atoms with van der Waals surface area (Å²) in [7, 11) is 0. The zero-order valence-electron chi connectivity index (χ0n) is 17.6. The van der Waals surface area contributed by atoms with Crippen molar-refractivity contribution in [3.05, 3.63) is 51.3 Å². The number of nitrogens with one attached hydrogen (secondary N) is 1. The van der Waals surface area contributed by atoms with Crippen molar-refractivity contribution >= 4 is 23.4 Å². The lowest BCUT2D eigenvalue weighted by Gasteiger charge is -2.39. The van der Waals surface area contributed by atoms with Gasteiger partial charge in [0.25, 0.3) is 0 Å². The standard InChI is InChI=1S/C23H28ClNO4/c1-6-28-18-9-8-14(10-15(18)24)20-19(22(27)29-7-2)13(3)25-16-11-23(4,5)12-17(26)21(16)20/h8-10,20,25H,6-7,11-12H2,1-5H3/t20-/m0/s1. The summed E-state index contributed by atoms with van der Waals surface area (Å²) in [6, 6.07) is 5.45. The highest BCUT2D eigenvalue weighted by atomic mass is 35.5. The number of rotatable bonds is 5. The number of hydrogen-bond acceptors (Lipinski definition) is 5. The van der Waals surface area contributed by atoms with Gasteiger partial charge in [-0.2, -0.15) is 0 Å². The topological polar surface area (TPSA) is 64.6 Å². The number of Topliss-reactive ketones (excluding diaryl/α,β-unsaturated/α-hetero) is 1. The molecule has 5 nitrogen and oxygen atoms in total. The number of dihydropyridines is 1. The summed E-state index contributed by atoms with van der Waals surface area (Å²) in [6.07, 6.45) is 1.17. The predicted octanol–water partition coefficient (Wildman–Crippen LogP) is 4.91. The molecule has 0 amide bonds. The fourth-order valence-electron chi connectivity index (χ4n) is 4.22. The first-order valence-electron chi connectivity index (χ1n) is 10.0. The third-order valence-electron chi connectivity index (χ3n) is 5.32. The summed E-state index contributed by atoms with van der Waals surface area (Å²) in [5, 5.41) is 3.77. The highest BCUT2D eigenvalue weighted by molar-refractivity contribution is 6.32. The Hall–Kier alpha value is -2.27. The third kappa shape index (κ3) is 4.20. The Morgan fingerprint density at radius 1 is 1.24 bits per heavy atom.